The minimum absolute atomic E-state index is 0.0562. The topological polar surface area (TPSA) is 49.3 Å². The first-order valence-corrected chi connectivity index (χ1v) is 5.21. The van der Waals surface area contributed by atoms with Gasteiger partial charge in [0.25, 0.3) is 0 Å². The summed E-state index contributed by atoms with van der Waals surface area (Å²) in [6, 6.07) is 0. The highest BCUT2D eigenvalue weighted by Gasteiger charge is 2.33. The summed E-state index contributed by atoms with van der Waals surface area (Å²) in [5, 5.41) is 12.2. The summed E-state index contributed by atoms with van der Waals surface area (Å²) in [4.78, 5) is 10.8. The number of hydrogen-bond acceptors (Lipinski definition) is 2. The molecule has 0 spiro atoms. The van der Waals surface area contributed by atoms with Crippen molar-refractivity contribution < 1.29 is 9.90 Å². The molecule has 0 amide bonds. The van der Waals surface area contributed by atoms with Gasteiger partial charge in [-0.05, 0) is 37.8 Å². The largest absolute Gasteiger partial charge is 0.481 e. The average Bonchev–Trinajstić information content (AvgIpc) is 2.01. The maximum atomic E-state index is 10.8. The van der Waals surface area contributed by atoms with E-state index in [1.807, 2.05) is 0 Å². The zero-order valence-corrected chi connectivity index (χ0v) is 7.83. The monoisotopic (exact) mass is 183 g/mol. The average molecular weight is 183 g/mol. The zero-order chi connectivity index (χ0) is 9.26. The van der Waals surface area contributed by atoms with Crippen molar-refractivity contribution in [3.05, 3.63) is 0 Å². The molecule has 3 nitrogen and oxygen atoms in total. The fourth-order valence-corrected chi connectivity index (χ4v) is 2.52. The van der Waals surface area contributed by atoms with Crippen LogP contribution in [-0.4, -0.2) is 24.2 Å². The molecule has 2 N–H and O–H groups in total. The van der Waals surface area contributed by atoms with Crippen LogP contribution in [0.5, 0.6) is 0 Å². The van der Waals surface area contributed by atoms with Gasteiger partial charge in [0.2, 0.25) is 0 Å². The molecule has 0 radical (unpaired) electrons. The number of aliphatic carboxylic acids is 1. The van der Waals surface area contributed by atoms with Gasteiger partial charge in [-0.2, -0.15) is 0 Å². The predicted molar refractivity (Wildman–Crippen MR) is 49.4 cm³/mol. The van der Waals surface area contributed by atoms with Crippen LogP contribution in [0.1, 0.15) is 25.7 Å². The van der Waals surface area contributed by atoms with Crippen molar-refractivity contribution >= 4 is 5.97 Å². The lowest BCUT2D eigenvalue weighted by Crippen LogP contribution is -2.47. The number of rotatable bonds is 2. The minimum Gasteiger partial charge on any atom is -0.481 e. The van der Waals surface area contributed by atoms with Crippen LogP contribution >= 0.6 is 0 Å². The predicted octanol–water partition coefficient (Wildman–Crippen LogP) is 1.10. The Bertz CT molecular complexity index is 201. The second kappa shape index (κ2) is 3.66. The summed E-state index contributed by atoms with van der Waals surface area (Å²) < 4.78 is 0. The van der Waals surface area contributed by atoms with Crippen LogP contribution in [0.3, 0.4) is 0 Å². The summed E-state index contributed by atoms with van der Waals surface area (Å²) >= 11 is 0. The van der Waals surface area contributed by atoms with Gasteiger partial charge in [0.1, 0.15) is 0 Å². The molecular formula is C10H17NO2. The third-order valence-corrected chi connectivity index (χ3v) is 3.54. The summed E-state index contributed by atoms with van der Waals surface area (Å²) in [5.74, 6) is 0.801. The van der Waals surface area contributed by atoms with Gasteiger partial charge in [-0.3, -0.25) is 4.79 Å². The molecular weight excluding hydrogens is 166 g/mol. The highest BCUT2D eigenvalue weighted by atomic mass is 16.4. The Labute approximate surface area is 78.5 Å². The molecule has 2 rings (SSSR count). The third kappa shape index (κ3) is 1.85. The van der Waals surface area contributed by atoms with Gasteiger partial charge >= 0.3 is 5.97 Å². The van der Waals surface area contributed by atoms with Crippen molar-refractivity contribution in [2.24, 2.45) is 17.8 Å². The minimum atomic E-state index is -0.586. The fourth-order valence-electron chi connectivity index (χ4n) is 2.52. The molecule has 1 saturated carbocycles. The van der Waals surface area contributed by atoms with E-state index >= 15 is 0 Å². The van der Waals surface area contributed by atoms with Gasteiger partial charge in [0.05, 0.1) is 5.92 Å². The second-order valence-corrected chi connectivity index (χ2v) is 4.38. The Hall–Kier alpha value is -0.570. The van der Waals surface area contributed by atoms with Gasteiger partial charge in [-0.1, -0.05) is 12.8 Å². The smallest absolute Gasteiger partial charge is 0.306 e. The number of carboxylic acid groups (broad SMARTS) is 1. The van der Waals surface area contributed by atoms with Crippen LogP contribution in [0, 0.1) is 17.8 Å². The Morgan fingerprint density at radius 3 is 2.54 bits per heavy atom. The third-order valence-electron chi connectivity index (χ3n) is 3.54. The number of hydrogen-bond donors (Lipinski definition) is 2. The molecule has 0 aromatic carbocycles. The molecule has 1 saturated heterocycles. The standard InChI is InChI=1S/C10H17NO2/c12-10(13)8-3-1-2-7(4-8)9-5-11-6-9/h7-9,11H,1-6H2,(H,12,13). The quantitative estimate of drug-likeness (QED) is 0.674. The molecule has 2 fully saturated rings. The number of nitrogens with one attached hydrogen (secondary N) is 1. The van der Waals surface area contributed by atoms with Gasteiger partial charge in [0, 0.05) is 0 Å². The van der Waals surface area contributed by atoms with E-state index in [-0.39, 0.29) is 5.92 Å². The van der Waals surface area contributed by atoms with Crippen LogP contribution in [0.4, 0.5) is 0 Å². The van der Waals surface area contributed by atoms with Crippen LogP contribution in [-0.2, 0) is 4.79 Å². The van der Waals surface area contributed by atoms with Gasteiger partial charge < -0.3 is 10.4 Å². The molecule has 1 aliphatic heterocycles. The van der Waals surface area contributed by atoms with Crippen molar-refractivity contribution in [1.82, 2.24) is 5.32 Å². The molecule has 2 unspecified atom stereocenters. The Balaban J connectivity index is 1.87. The highest BCUT2D eigenvalue weighted by molar-refractivity contribution is 5.70. The molecule has 0 aromatic heterocycles. The number of carbonyl (C=O) groups is 1. The number of carboxylic acids is 1. The molecule has 74 valence electrons. The lowest BCUT2D eigenvalue weighted by atomic mass is 9.73. The zero-order valence-electron chi connectivity index (χ0n) is 7.83. The van der Waals surface area contributed by atoms with E-state index in [1.165, 1.54) is 6.42 Å². The van der Waals surface area contributed by atoms with E-state index < -0.39 is 5.97 Å². The molecule has 1 aliphatic carbocycles. The Kier molecular flexibility index (Phi) is 2.54. The summed E-state index contributed by atoms with van der Waals surface area (Å²) in [6.07, 6.45) is 4.17. The fraction of sp³-hybridized carbons (Fsp3) is 0.900. The van der Waals surface area contributed by atoms with Gasteiger partial charge in [-0.25, -0.2) is 0 Å². The van der Waals surface area contributed by atoms with Crippen LogP contribution < -0.4 is 5.32 Å². The van der Waals surface area contributed by atoms with E-state index in [2.05, 4.69) is 5.32 Å². The maximum absolute atomic E-state index is 10.8. The first kappa shape index (κ1) is 9.00. The molecule has 0 bridgehead atoms. The highest BCUT2D eigenvalue weighted by Crippen LogP contribution is 2.35. The van der Waals surface area contributed by atoms with E-state index in [0.29, 0.717) is 5.92 Å². The van der Waals surface area contributed by atoms with E-state index in [1.54, 1.807) is 0 Å². The lowest BCUT2D eigenvalue weighted by molar-refractivity contribution is -0.143. The Morgan fingerprint density at radius 1 is 1.23 bits per heavy atom. The first-order valence-electron chi connectivity index (χ1n) is 5.21. The van der Waals surface area contributed by atoms with E-state index in [9.17, 15) is 4.79 Å². The van der Waals surface area contributed by atoms with Crippen molar-refractivity contribution in [2.75, 3.05) is 13.1 Å². The van der Waals surface area contributed by atoms with Crippen molar-refractivity contribution in [2.45, 2.75) is 25.7 Å². The van der Waals surface area contributed by atoms with Crippen LogP contribution in [0.15, 0.2) is 0 Å². The Morgan fingerprint density at radius 2 is 2.00 bits per heavy atom. The van der Waals surface area contributed by atoms with Crippen molar-refractivity contribution in [3.63, 3.8) is 0 Å². The lowest BCUT2D eigenvalue weighted by Gasteiger charge is -2.38. The molecule has 3 heteroatoms. The van der Waals surface area contributed by atoms with Crippen LogP contribution in [0.25, 0.3) is 0 Å². The second-order valence-electron chi connectivity index (χ2n) is 4.38. The molecule has 2 aliphatic rings. The SMILES string of the molecule is O=C(O)C1CCCC(C2CNC2)C1. The van der Waals surface area contributed by atoms with Crippen molar-refractivity contribution in [1.29, 1.82) is 0 Å². The van der Waals surface area contributed by atoms with Crippen LogP contribution in [0.2, 0.25) is 0 Å². The van der Waals surface area contributed by atoms with Crippen molar-refractivity contribution in [3.8, 4) is 0 Å². The normalized spacial score (nSPS) is 35.4. The molecule has 2 atom stereocenters. The van der Waals surface area contributed by atoms with E-state index in [0.717, 1.165) is 38.3 Å². The molecule has 0 aromatic rings. The van der Waals surface area contributed by atoms with Gasteiger partial charge in [0.15, 0.2) is 0 Å². The summed E-state index contributed by atoms with van der Waals surface area (Å²) in [6.45, 7) is 2.22. The van der Waals surface area contributed by atoms with Gasteiger partial charge in [-0.15, -0.1) is 0 Å². The summed E-state index contributed by atoms with van der Waals surface area (Å²) in [5.41, 5.74) is 0. The summed E-state index contributed by atoms with van der Waals surface area (Å²) in [7, 11) is 0. The van der Waals surface area contributed by atoms with E-state index in [4.69, 9.17) is 5.11 Å². The maximum Gasteiger partial charge on any atom is 0.306 e. The molecule has 13 heavy (non-hydrogen) atoms. The first-order chi connectivity index (χ1) is 6.27. The molecule has 1 heterocycles.